The van der Waals surface area contributed by atoms with Crippen LogP contribution in [0, 0.1) is 0 Å². The number of nitrogens with one attached hydrogen (secondary N) is 1. The van der Waals surface area contributed by atoms with E-state index in [9.17, 15) is 35.1 Å². The van der Waals surface area contributed by atoms with Crippen molar-refractivity contribution in [2.75, 3.05) is 13.2 Å². The van der Waals surface area contributed by atoms with Gasteiger partial charge in [-0.3, -0.25) is 9.59 Å². The Labute approximate surface area is 479 Å². The van der Waals surface area contributed by atoms with E-state index >= 15 is 0 Å². The summed E-state index contributed by atoms with van der Waals surface area (Å²) < 4.78 is 17.6. The SMILES string of the molecule is CCCCC/C=C\C/C=C\CCCCCCCCCCCCCCCCCCC(O)C(=O)NC(COC1OC(CO)C(O)C(O)C1OC(=O)CCCCCCCCCCCCC)C(O)/C=C/CCCCCCCCCCCC. The Bertz CT molecular complexity index is 1410. The number of ether oxygens (including phenoxy) is 3. The fraction of sp³-hybridized carbons (Fsp3) is 0.881. The zero-order chi connectivity index (χ0) is 56.8. The van der Waals surface area contributed by atoms with Crippen LogP contribution in [0.4, 0.5) is 0 Å². The molecule has 0 saturated carbocycles. The van der Waals surface area contributed by atoms with E-state index in [1.165, 1.54) is 205 Å². The number of allylic oxidation sites excluding steroid dienone is 5. The van der Waals surface area contributed by atoms with Gasteiger partial charge in [0.05, 0.1) is 25.4 Å². The number of hydrogen-bond acceptors (Lipinski definition) is 10. The van der Waals surface area contributed by atoms with Crippen molar-refractivity contribution in [3.05, 3.63) is 36.5 Å². The van der Waals surface area contributed by atoms with Crippen LogP contribution in [-0.2, 0) is 23.8 Å². The molecule has 458 valence electrons. The highest BCUT2D eigenvalue weighted by molar-refractivity contribution is 5.80. The monoisotopic (exact) mass is 1100 g/mol. The molecule has 1 amide bonds. The maximum Gasteiger partial charge on any atom is 0.306 e. The van der Waals surface area contributed by atoms with Crippen molar-refractivity contribution in [3.8, 4) is 0 Å². The number of aliphatic hydroxyl groups is 5. The summed E-state index contributed by atoms with van der Waals surface area (Å²) in [5.74, 6) is -1.18. The molecule has 1 aliphatic heterocycles. The zero-order valence-corrected chi connectivity index (χ0v) is 50.8. The fourth-order valence-corrected chi connectivity index (χ4v) is 10.5. The fourth-order valence-electron chi connectivity index (χ4n) is 10.5. The number of aliphatic hydroxyl groups excluding tert-OH is 5. The zero-order valence-electron chi connectivity index (χ0n) is 50.8. The van der Waals surface area contributed by atoms with Gasteiger partial charge >= 0.3 is 5.97 Å². The van der Waals surface area contributed by atoms with Crippen LogP contribution in [-0.4, -0.2) is 99.6 Å². The molecule has 0 aromatic rings. The van der Waals surface area contributed by atoms with Gasteiger partial charge in [0.2, 0.25) is 5.91 Å². The minimum absolute atomic E-state index is 0.128. The van der Waals surface area contributed by atoms with Crippen LogP contribution in [0.25, 0.3) is 0 Å². The lowest BCUT2D eigenvalue weighted by molar-refractivity contribution is -0.305. The minimum Gasteiger partial charge on any atom is -0.454 e. The van der Waals surface area contributed by atoms with E-state index in [0.29, 0.717) is 19.3 Å². The first-order chi connectivity index (χ1) is 38.2. The average molecular weight is 1100 g/mol. The quantitative estimate of drug-likeness (QED) is 0.0195. The second kappa shape index (κ2) is 55.4. The first kappa shape index (κ1) is 73.9. The number of rotatable bonds is 57. The Balaban J connectivity index is 2.54. The van der Waals surface area contributed by atoms with Crippen LogP contribution in [0.1, 0.15) is 316 Å². The lowest BCUT2D eigenvalue weighted by Crippen LogP contribution is -2.61. The summed E-state index contributed by atoms with van der Waals surface area (Å²) >= 11 is 0. The van der Waals surface area contributed by atoms with Gasteiger partial charge in [0.25, 0.3) is 0 Å². The highest BCUT2D eigenvalue weighted by Gasteiger charge is 2.47. The van der Waals surface area contributed by atoms with Crippen LogP contribution in [0.5, 0.6) is 0 Å². The maximum atomic E-state index is 13.4. The molecule has 78 heavy (non-hydrogen) atoms. The van der Waals surface area contributed by atoms with Crippen molar-refractivity contribution in [2.24, 2.45) is 0 Å². The Morgan fingerprint density at radius 1 is 0.500 bits per heavy atom. The summed E-state index contributed by atoms with van der Waals surface area (Å²) in [6.45, 7) is 5.78. The molecule has 0 aliphatic carbocycles. The first-order valence-electron chi connectivity index (χ1n) is 33.3. The summed E-state index contributed by atoms with van der Waals surface area (Å²) in [5.41, 5.74) is 0. The van der Waals surface area contributed by atoms with Gasteiger partial charge < -0.3 is 45.1 Å². The van der Waals surface area contributed by atoms with Crippen molar-refractivity contribution in [2.45, 2.75) is 365 Å². The molecule has 6 N–H and O–H groups in total. The third-order valence-electron chi connectivity index (χ3n) is 15.8. The van der Waals surface area contributed by atoms with Crippen LogP contribution in [0.2, 0.25) is 0 Å². The molecule has 1 heterocycles. The summed E-state index contributed by atoms with van der Waals surface area (Å²) in [5, 5.41) is 57.0. The normalized spacial score (nSPS) is 19.1. The van der Waals surface area contributed by atoms with Gasteiger partial charge in [-0.15, -0.1) is 0 Å². The molecule has 1 saturated heterocycles. The minimum atomic E-state index is -1.61. The topological polar surface area (TPSA) is 175 Å². The van der Waals surface area contributed by atoms with Crippen molar-refractivity contribution in [1.82, 2.24) is 5.32 Å². The summed E-state index contributed by atoms with van der Waals surface area (Å²) in [4.78, 5) is 26.5. The van der Waals surface area contributed by atoms with E-state index in [1.54, 1.807) is 6.08 Å². The number of carbonyl (C=O) groups is 2. The Kier molecular flexibility index (Phi) is 52.5. The lowest BCUT2D eigenvalue weighted by Gasteiger charge is -2.41. The van der Waals surface area contributed by atoms with Gasteiger partial charge in [-0.1, -0.05) is 288 Å². The standard InChI is InChI=1S/C67H125NO10/c1-4-7-10-13-16-19-22-24-25-26-27-28-29-30-31-32-33-34-35-36-37-40-42-45-48-51-54-60(71)66(75)68-58(59(70)53-50-47-44-41-39-23-20-17-14-11-8-5-2)57-76-67-65(64(74)63(73)61(56-69)77-67)78-62(72)55-52-49-46-43-38-21-18-15-12-9-6-3/h16,19,24-25,50,53,58-61,63-65,67,69-71,73-74H,4-15,17-18,20-23,26-49,51-52,54-57H2,1-3H3,(H,68,75)/b19-16-,25-24-,53-50+. The largest absolute Gasteiger partial charge is 0.454 e. The third kappa shape index (κ3) is 42.7. The number of hydrogen-bond donors (Lipinski definition) is 6. The molecule has 11 heteroatoms. The molecule has 0 bridgehead atoms. The molecular formula is C67H125NO10. The van der Waals surface area contributed by atoms with Gasteiger partial charge in [0, 0.05) is 6.42 Å². The predicted molar refractivity (Wildman–Crippen MR) is 324 cm³/mol. The van der Waals surface area contributed by atoms with Gasteiger partial charge in [-0.2, -0.15) is 0 Å². The van der Waals surface area contributed by atoms with Crippen molar-refractivity contribution in [3.63, 3.8) is 0 Å². The molecule has 0 aromatic carbocycles. The molecular weight excluding hydrogens is 979 g/mol. The van der Waals surface area contributed by atoms with E-state index in [2.05, 4.69) is 50.4 Å². The molecule has 1 aliphatic rings. The second-order valence-corrected chi connectivity index (χ2v) is 23.2. The predicted octanol–water partition coefficient (Wildman–Crippen LogP) is 16.2. The third-order valence-corrected chi connectivity index (χ3v) is 15.8. The molecule has 0 radical (unpaired) electrons. The smallest absolute Gasteiger partial charge is 0.306 e. The first-order valence-corrected chi connectivity index (χ1v) is 33.3. The number of amides is 1. The number of carbonyl (C=O) groups excluding carboxylic acids is 2. The lowest BCUT2D eigenvalue weighted by atomic mass is 9.99. The molecule has 8 atom stereocenters. The van der Waals surface area contributed by atoms with Crippen LogP contribution in [0.15, 0.2) is 36.5 Å². The summed E-state index contributed by atoms with van der Waals surface area (Å²) in [6.07, 6.45) is 56.3. The molecule has 8 unspecified atom stereocenters. The van der Waals surface area contributed by atoms with Crippen molar-refractivity contribution in [1.29, 1.82) is 0 Å². The highest BCUT2D eigenvalue weighted by atomic mass is 16.7. The average Bonchev–Trinajstić information content (AvgIpc) is 3.44. The van der Waals surface area contributed by atoms with Gasteiger partial charge in [0.15, 0.2) is 12.4 Å². The molecule has 0 aromatic heterocycles. The van der Waals surface area contributed by atoms with Gasteiger partial charge in [-0.25, -0.2) is 0 Å². The van der Waals surface area contributed by atoms with E-state index in [4.69, 9.17) is 14.2 Å². The Morgan fingerprint density at radius 2 is 0.885 bits per heavy atom. The highest BCUT2D eigenvalue weighted by Crippen LogP contribution is 2.26. The molecule has 1 rings (SSSR count). The Hall–Kier alpha value is -2.12. The van der Waals surface area contributed by atoms with Crippen LogP contribution < -0.4 is 5.32 Å². The van der Waals surface area contributed by atoms with E-state index in [1.807, 2.05) is 6.08 Å². The second-order valence-electron chi connectivity index (χ2n) is 23.2. The molecule has 1 fully saturated rings. The van der Waals surface area contributed by atoms with E-state index < -0.39 is 67.4 Å². The Morgan fingerprint density at radius 3 is 1.33 bits per heavy atom. The van der Waals surface area contributed by atoms with E-state index in [-0.39, 0.29) is 13.0 Å². The van der Waals surface area contributed by atoms with Crippen molar-refractivity contribution >= 4 is 11.9 Å². The van der Waals surface area contributed by atoms with Gasteiger partial charge in [-0.05, 0) is 57.8 Å². The number of unbranched alkanes of at least 4 members (excludes halogenated alkanes) is 39. The van der Waals surface area contributed by atoms with Crippen LogP contribution >= 0.6 is 0 Å². The summed E-state index contributed by atoms with van der Waals surface area (Å²) in [6, 6.07) is -1.02. The molecule has 0 spiro atoms. The van der Waals surface area contributed by atoms with E-state index in [0.717, 1.165) is 64.2 Å². The summed E-state index contributed by atoms with van der Waals surface area (Å²) in [7, 11) is 0. The van der Waals surface area contributed by atoms with Gasteiger partial charge in [0.1, 0.15) is 24.4 Å². The van der Waals surface area contributed by atoms with Crippen LogP contribution in [0.3, 0.4) is 0 Å². The maximum absolute atomic E-state index is 13.4. The van der Waals surface area contributed by atoms with Crippen molar-refractivity contribution < 1.29 is 49.3 Å². The number of esters is 1. The molecule has 11 nitrogen and oxygen atoms in total.